The summed E-state index contributed by atoms with van der Waals surface area (Å²) in [5.41, 5.74) is 1.86. The summed E-state index contributed by atoms with van der Waals surface area (Å²) in [6, 6.07) is 9.77. The Kier molecular flexibility index (Phi) is 6.68. The lowest BCUT2D eigenvalue weighted by atomic mass is 10.1. The van der Waals surface area contributed by atoms with Crippen LogP contribution < -0.4 is 0 Å². The average molecular weight is 264 g/mol. The molecule has 0 fully saturated rings. The number of carbonyl (C=O) groups is 1. The molecule has 0 bridgehead atoms. The smallest absolute Gasteiger partial charge is 0.335 e. The van der Waals surface area contributed by atoms with Crippen molar-refractivity contribution < 1.29 is 19.4 Å². The standard InChI is InChI=1S/C15H20O4/c1-3-19-15(17)14(16)9-12(2)10-18-11-13-7-5-4-6-8-13/h4-8,10,14,16H,3,9,11H2,1-2H3/b12-10+. The minimum absolute atomic E-state index is 0.216. The first-order valence-corrected chi connectivity index (χ1v) is 6.29. The van der Waals surface area contributed by atoms with Crippen LogP contribution in [0.2, 0.25) is 0 Å². The summed E-state index contributed by atoms with van der Waals surface area (Å²) in [5, 5.41) is 9.56. The molecule has 1 unspecified atom stereocenters. The first kappa shape index (κ1) is 15.2. The van der Waals surface area contributed by atoms with Gasteiger partial charge >= 0.3 is 5.97 Å². The van der Waals surface area contributed by atoms with Crippen molar-refractivity contribution in [1.29, 1.82) is 0 Å². The highest BCUT2D eigenvalue weighted by atomic mass is 16.5. The molecule has 1 N–H and O–H groups in total. The molecule has 104 valence electrons. The van der Waals surface area contributed by atoms with E-state index in [1.165, 1.54) is 0 Å². The van der Waals surface area contributed by atoms with Crippen LogP contribution in [0.3, 0.4) is 0 Å². The van der Waals surface area contributed by atoms with Crippen LogP contribution in [-0.2, 0) is 20.9 Å². The molecular formula is C15H20O4. The number of rotatable bonds is 7. The van der Waals surface area contributed by atoms with E-state index < -0.39 is 12.1 Å². The summed E-state index contributed by atoms with van der Waals surface area (Å²) in [6.45, 7) is 4.24. The van der Waals surface area contributed by atoms with E-state index in [4.69, 9.17) is 9.47 Å². The molecule has 0 aromatic heterocycles. The monoisotopic (exact) mass is 264 g/mol. The largest absolute Gasteiger partial charge is 0.497 e. The molecule has 0 amide bonds. The highest BCUT2D eigenvalue weighted by Crippen LogP contribution is 2.08. The zero-order valence-electron chi connectivity index (χ0n) is 11.3. The van der Waals surface area contributed by atoms with Crippen molar-refractivity contribution in [3.05, 3.63) is 47.7 Å². The maximum atomic E-state index is 11.2. The molecule has 4 heteroatoms. The molecule has 0 aliphatic rings. The fourth-order valence-electron chi connectivity index (χ4n) is 1.53. The van der Waals surface area contributed by atoms with Crippen LogP contribution in [0, 0.1) is 0 Å². The predicted molar refractivity (Wildman–Crippen MR) is 72.2 cm³/mol. The second kappa shape index (κ2) is 8.32. The van der Waals surface area contributed by atoms with E-state index in [2.05, 4.69) is 0 Å². The lowest BCUT2D eigenvalue weighted by Crippen LogP contribution is -2.23. The molecule has 0 aliphatic heterocycles. The number of aliphatic hydroxyl groups excluding tert-OH is 1. The number of ether oxygens (including phenoxy) is 2. The van der Waals surface area contributed by atoms with Gasteiger partial charge in [-0.2, -0.15) is 0 Å². The first-order valence-electron chi connectivity index (χ1n) is 6.29. The Balaban J connectivity index is 2.34. The maximum absolute atomic E-state index is 11.2. The average Bonchev–Trinajstić information content (AvgIpc) is 2.40. The zero-order valence-corrected chi connectivity index (χ0v) is 11.3. The van der Waals surface area contributed by atoms with Crippen LogP contribution >= 0.6 is 0 Å². The van der Waals surface area contributed by atoms with Gasteiger partial charge in [-0.05, 0) is 25.0 Å². The SMILES string of the molecule is CCOC(=O)C(O)C/C(C)=C/OCc1ccccc1. The van der Waals surface area contributed by atoms with Crippen LogP contribution in [-0.4, -0.2) is 23.8 Å². The zero-order chi connectivity index (χ0) is 14.1. The minimum atomic E-state index is -1.13. The number of aliphatic hydroxyl groups is 1. The molecule has 19 heavy (non-hydrogen) atoms. The van der Waals surface area contributed by atoms with Gasteiger partial charge in [-0.15, -0.1) is 0 Å². The summed E-state index contributed by atoms with van der Waals surface area (Å²) in [4.78, 5) is 11.2. The van der Waals surface area contributed by atoms with Gasteiger partial charge in [0.2, 0.25) is 0 Å². The van der Waals surface area contributed by atoms with Gasteiger partial charge in [-0.3, -0.25) is 0 Å². The summed E-state index contributed by atoms with van der Waals surface area (Å²) in [7, 11) is 0. The van der Waals surface area contributed by atoms with Gasteiger partial charge in [-0.1, -0.05) is 30.3 Å². The fraction of sp³-hybridized carbons (Fsp3) is 0.400. The number of hydrogen-bond donors (Lipinski definition) is 1. The Morgan fingerprint density at radius 3 is 2.68 bits per heavy atom. The summed E-state index contributed by atoms with van der Waals surface area (Å²) < 4.78 is 10.1. The number of hydrogen-bond acceptors (Lipinski definition) is 4. The van der Waals surface area contributed by atoms with Crippen LogP contribution in [0.25, 0.3) is 0 Å². The van der Waals surface area contributed by atoms with Crippen molar-refractivity contribution in [2.75, 3.05) is 6.61 Å². The molecule has 0 saturated heterocycles. The Labute approximate surface area is 113 Å². The van der Waals surface area contributed by atoms with Crippen molar-refractivity contribution in [3.8, 4) is 0 Å². The van der Waals surface area contributed by atoms with E-state index in [9.17, 15) is 9.90 Å². The second-order valence-electron chi connectivity index (χ2n) is 4.23. The van der Waals surface area contributed by atoms with Gasteiger partial charge in [0.1, 0.15) is 6.61 Å². The third-order valence-electron chi connectivity index (χ3n) is 2.45. The van der Waals surface area contributed by atoms with Crippen molar-refractivity contribution in [3.63, 3.8) is 0 Å². The van der Waals surface area contributed by atoms with E-state index in [-0.39, 0.29) is 13.0 Å². The lowest BCUT2D eigenvalue weighted by molar-refractivity contribution is -0.152. The Morgan fingerprint density at radius 1 is 1.37 bits per heavy atom. The van der Waals surface area contributed by atoms with Gasteiger partial charge in [0.15, 0.2) is 6.10 Å². The van der Waals surface area contributed by atoms with Crippen molar-refractivity contribution in [1.82, 2.24) is 0 Å². The summed E-state index contributed by atoms with van der Waals surface area (Å²) in [5.74, 6) is -0.599. The Bertz CT molecular complexity index is 411. The molecule has 0 saturated carbocycles. The third-order valence-corrected chi connectivity index (χ3v) is 2.45. The Morgan fingerprint density at radius 2 is 2.05 bits per heavy atom. The van der Waals surface area contributed by atoms with E-state index in [0.717, 1.165) is 11.1 Å². The molecule has 1 rings (SSSR count). The first-order chi connectivity index (χ1) is 9.13. The van der Waals surface area contributed by atoms with E-state index in [0.29, 0.717) is 6.61 Å². The normalized spacial score (nSPS) is 12.9. The summed E-state index contributed by atoms with van der Waals surface area (Å²) in [6.07, 6.45) is 0.653. The fourth-order valence-corrected chi connectivity index (χ4v) is 1.53. The van der Waals surface area contributed by atoms with E-state index in [1.807, 2.05) is 30.3 Å². The molecule has 0 aliphatic carbocycles. The van der Waals surface area contributed by atoms with Crippen molar-refractivity contribution in [2.45, 2.75) is 33.0 Å². The Hall–Kier alpha value is -1.81. The maximum Gasteiger partial charge on any atom is 0.335 e. The van der Waals surface area contributed by atoms with Crippen molar-refractivity contribution >= 4 is 5.97 Å². The molecule has 4 nitrogen and oxygen atoms in total. The highest BCUT2D eigenvalue weighted by molar-refractivity contribution is 5.74. The molecule has 1 aromatic rings. The molecule has 0 heterocycles. The van der Waals surface area contributed by atoms with Gasteiger partial charge in [0.05, 0.1) is 12.9 Å². The molecule has 0 radical (unpaired) electrons. The van der Waals surface area contributed by atoms with Crippen LogP contribution in [0.15, 0.2) is 42.2 Å². The molecular weight excluding hydrogens is 244 g/mol. The van der Waals surface area contributed by atoms with Crippen LogP contribution in [0.5, 0.6) is 0 Å². The van der Waals surface area contributed by atoms with E-state index in [1.54, 1.807) is 20.1 Å². The number of benzene rings is 1. The highest BCUT2D eigenvalue weighted by Gasteiger charge is 2.16. The van der Waals surface area contributed by atoms with Gasteiger partial charge in [-0.25, -0.2) is 4.79 Å². The minimum Gasteiger partial charge on any atom is -0.497 e. The number of esters is 1. The topological polar surface area (TPSA) is 55.8 Å². The second-order valence-corrected chi connectivity index (χ2v) is 4.23. The molecule has 1 aromatic carbocycles. The molecule has 0 spiro atoms. The van der Waals surface area contributed by atoms with Crippen LogP contribution in [0.4, 0.5) is 0 Å². The summed E-state index contributed by atoms with van der Waals surface area (Å²) >= 11 is 0. The lowest BCUT2D eigenvalue weighted by Gasteiger charge is -2.10. The van der Waals surface area contributed by atoms with E-state index >= 15 is 0 Å². The molecule has 1 atom stereocenters. The van der Waals surface area contributed by atoms with Gasteiger partial charge < -0.3 is 14.6 Å². The van der Waals surface area contributed by atoms with Crippen LogP contribution in [0.1, 0.15) is 25.8 Å². The van der Waals surface area contributed by atoms with Gasteiger partial charge in [0, 0.05) is 6.42 Å². The number of carbonyl (C=O) groups excluding carboxylic acids is 1. The van der Waals surface area contributed by atoms with Crippen molar-refractivity contribution in [2.24, 2.45) is 0 Å². The third kappa shape index (κ3) is 6.06. The quantitative estimate of drug-likeness (QED) is 0.607. The van der Waals surface area contributed by atoms with Gasteiger partial charge in [0.25, 0.3) is 0 Å². The predicted octanol–water partition coefficient (Wildman–Crippen LogP) is 2.42.